The molecule has 1 amide bonds. The highest BCUT2D eigenvalue weighted by molar-refractivity contribution is 5.96. The van der Waals surface area contributed by atoms with Crippen LogP contribution >= 0.6 is 0 Å². The average molecular weight is 291 g/mol. The molecule has 2 rings (SSSR count). The number of hydrogen-bond acceptors (Lipinski definition) is 4. The summed E-state index contributed by atoms with van der Waals surface area (Å²) in [6.07, 6.45) is 2.31. The lowest BCUT2D eigenvalue weighted by Crippen LogP contribution is -2.41. The van der Waals surface area contributed by atoms with Crippen molar-refractivity contribution in [2.24, 2.45) is 0 Å². The summed E-state index contributed by atoms with van der Waals surface area (Å²) in [4.78, 5) is 14.7. The molecule has 1 atom stereocenters. The van der Waals surface area contributed by atoms with E-state index < -0.39 is 0 Å². The van der Waals surface area contributed by atoms with Gasteiger partial charge in [0.15, 0.2) is 0 Å². The molecule has 0 spiro atoms. The van der Waals surface area contributed by atoms with Crippen molar-refractivity contribution in [3.05, 3.63) is 29.3 Å². The Labute approximate surface area is 126 Å². The molecule has 21 heavy (non-hydrogen) atoms. The SMILES string of the molecule is COCCN1CCCC1CNC(=O)c1cc(N)ccc1C. The lowest BCUT2D eigenvalue weighted by molar-refractivity contribution is 0.0932. The number of methoxy groups -OCH3 is 1. The third-order valence-corrected chi connectivity index (χ3v) is 4.09. The van der Waals surface area contributed by atoms with Crippen LogP contribution in [0.15, 0.2) is 18.2 Å². The zero-order chi connectivity index (χ0) is 15.2. The molecule has 0 bridgehead atoms. The Hall–Kier alpha value is -1.59. The van der Waals surface area contributed by atoms with Gasteiger partial charge in [-0.05, 0) is 44.0 Å². The van der Waals surface area contributed by atoms with Crippen LogP contribution in [0.25, 0.3) is 0 Å². The number of nitrogens with one attached hydrogen (secondary N) is 1. The summed E-state index contributed by atoms with van der Waals surface area (Å²) in [5.74, 6) is -0.0432. The second-order valence-electron chi connectivity index (χ2n) is 5.61. The van der Waals surface area contributed by atoms with Gasteiger partial charge in [-0.1, -0.05) is 6.07 Å². The van der Waals surface area contributed by atoms with Gasteiger partial charge < -0.3 is 15.8 Å². The molecule has 1 heterocycles. The molecule has 116 valence electrons. The number of rotatable bonds is 6. The minimum atomic E-state index is -0.0432. The van der Waals surface area contributed by atoms with Gasteiger partial charge in [0.2, 0.25) is 0 Å². The summed E-state index contributed by atoms with van der Waals surface area (Å²) >= 11 is 0. The molecule has 1 aromatic carbocycles. The molecule has 3 N–H and O–H groups in total. The molecule has 1 saturated heterocycles. The predicted octanol–water partition coefficient (Wildman–Crippen LogP) is 1.42. The second kappa shape index (κ2) is 7.43. The van der Waals surface area contributed by atoms with Crippen molar-refractivity contribution in [2.45, 2.75) is 25.8 Å². The smallest absolute Gasteiger partial charge is 0.251 e. The highest BCUT2D eigenvalue weighted by atomic mass is 16.5. The Morgan fingerprint density at radius 2 is 2.33 bits per heavy atom. The Kier molecular flexibility index (Phi) is 5.59. The van der Waals surface area contributed by atoms with Gasteiger partial charge >= 0.3 is 0 Å². The maximum atomic E-state index is 12.3. The highest BCUT2D eigenvalue weighted by Gasteiger charge is 2.24. The van der Waals surface area contributed by atoms with Crippen LogP contribution in [0.4, 0.5) is 5.69 Å². The molecule has 0 aliphatic carbocycles. The van der Waals surface area contributed by atoms with E-state index in [1.165, 1.54) is 6.42 Å². The number of nitrogens with two attached hydrogens (primary N) is 1. The zero-order valence-electron chi connectivity index (χ0n) is 12.9. The number of carbonyl (C=O) groups is 1. The van der Waals surface area contributed by atoms with Crippen LogP contribution < -0.4 is 11.1 Å². The van der Waals surface area contributed by atoms with E-state index in [1.54, 1.807) is 13.2 Å². The fourth-order valence-electron chi connectivity index (χ4n) is 2.82. The van der Waals surface area contributed by atoms with Crippen LogP contribution in [0, 0.1) is 6.92 Å². The minimum Gasteiger partial charge on any atom is -0.399 e. The lowest BCUT2D eigenvalue weighted by atomic mass is 10.1. The number of anilines is 1. The van der Waals surface area contributed by atoms with Gasteiger partial charge in [0.05, 0.1) is 6.61 Å². The standard InChI is InChI=1S/C16H25N3O2/c1-12-5-6-13(17)10-15(12)16(20)18-11-14-4-3-7-19(14)8-9-21-2/h5-6,10,14H,3-4,7-9,11,17H2,1-2H3,(H,18,20). The summed E-state index contributed by atoms with van der Waals surface area (Å²) in [6, 6.07) is 5.84. The van der Waals surface area contributed by atoms with Crippen molar-refractivity contribution in [1.29, 1.82) is 0 Å². The van der Waals surface area contributed by atoms with Crippen molar-refractivity contribution in [2.75, 3.05) is 39.1 Å². The average Bonchev–Trinajstić information content (AvgIpc) is 2.92. The third-order valence-electron chi connectivity index (χ3n) is 4.09. The quantitative estimate of drug-likeness (QED) is 0.778. The first-order chi connectivity index (χ1) is 10.1. The molecule has 0 aromatic heterocycles. The van der Waals surface area contributed by atoms with Crippen LogP contribution in [0.1, 0.15) is 28.8 Å². The summed E-state index contributed by atoms with van der Waals surface area (Å²) < 4.78 is 5.13. The van der Waals surface area contributed by atoms with Gasteiger partial charge in [0.25, 0.3) is 5.91 Å². The number of benzene rings is 1. The van der Waals surface area contributed by atoms with Crippen LogP contribution in [-0.2, 0) is 4.74 Å². The molecule has 1 aliphatic heterocycles. The number of nitrogen functional groups attached to an aromatic ring is 1. The van der Waals surface area contributed by atoms with E-state index in [-0.39, 0.29) is 5.91 Å². The first kappa shape index (κ1) is 15.8. The maximum Gasteiger partial charge on any atom is 0.251 e. The summed E-state index contributed by atoms with van der Waals surface area (Å²) in [5, 5.41) is 3.04. The monoisotopic (exact) mass is 291 g/mol. The largest absolute Gasteiger partial charge is 0.399 e. The molecular weight excluding hydrogens is 266 g/mol. The number of aryl methyl sites for hydroxylation is 1. The molecule has 5 heteroatoms. The number of amides is 1. The van der Waals surface area contributed by atoms with Gasteiger partial charge in [0, 0.05) is 37.5 Å². The Balaban J connectivity index is 1.90. The van der Waals surface area contributed by atoms with E-state index >= 15 is 0 Å². The number of hydrogen-bond donors (Lipinski definition) is 2. The normalized spacial score (nSPS) is 18.9. The second-order valence-corrected chi connectivity index (χ2v) is 5.61. The fraction of sp³-hybridized carbons (Fsp3) is 0.562. The number of nitrogens with zero attached hydrogens (tertiary/aromatic N) is 1. The Bertz CT molecular complexity index is 490. The van der Waals surface area contributed by atoms with Crippen LogP contribution in [0.3, 0.4) is 0 Å². The maximum absolute atomic E-state index is 12.3. The number of likely N-dealkylation sites (tertiary alicyclic amines) is 1. The molecule has 1 aromatic rings. The topological polar surface area (TPSA) is 67.6 Å². The first-order valence-corrected chi connectivity index (χ1v) is 7.49. The van der Waals surface area contributed by atoms with E-state index in [9.17, 15) is 4.79 Å². The fourth-order valence-corrected chi connectivity index (χ4v) is 2.82. The van der Waals surface area contributed by atoms with Gasteiger partial charge in [-0.25, -0.2) is 0 Å². The van der Waals surface area contributed by atoms with E-state index in [1.807, 2.05) is 19.1 Å². The molecule has 5 nitrogen and oxygen atoms in total. The predicted molar refractivity (Wildman–Crippen MR) is 84.4 cm³/mol. The summed E-state index contributed by atoms with van der Waals surface area (Å²) in [6.45, 7) is 5.35. The van der Waals surface area contributed by atoms with E-state index in [0.717, 1.165) is 31.7 Å². The van der Waals surface area contributed by atoms with Crippen LogP contribution in [0.2, 0.25) is 0 Å². The van der Waals surface area contributed by atoms with E-state index in [0.29, 0.717) is 23.8 Å². The summed E-state index contributed by atoms with van der Waals surface area (Å²) in [5.41, 5.74) is 7.99. The van der Waals surface area contributed by atoms with E-state index in [2.05, 4.69) is 10.2 Å². The van der Waals surface area contributed by atoms with Crippen molar-refractivity contribution in [3.63, 3.8) is 0 Å². The minimum absolute atomic E-state index is 0.0432. The first-order valence-electron chi connectivity index (χ1n) is 7.49. The highest BCUT2D eigenvalue weighted by Crippen LogP contribution is 2.17. The molecule has 1 unspecified atom stereocenters. The van der Waals surface area contributed by atoms with Gasteiger partial charge in [-0.15, -0.1) is 0 Å². The van der Waals surface area contributed by atoms with E-state index in [4.69, 9.17) is 10.5 Å². The van der Waals surface area contributed by atoms with Crippen molar-refractivity contribution >= 4 is 11.6 Å². The summed E-state index contributed by atoms with van der Waals surface area (Å²) in [7, 11) is 1.72. The molecular formula is C16H25N3O2. The Morgan fingerprint density at radius 1 is 1.52 bits per heavy atom. The van der Waals surface area contributed by atoms with Gasteiger partial charge in [0.1, 0.15) is 0 Å². The van der Waals surface area contributed by atoms with Crippen molar-refractivity contribution in [1.82, 2.24) is 10.2 Å². The number of ether oxygens (including phenoxy) is 1. The Morgan fingerprint density at radius 3 is 3.10 bits per heavy atom. The number of carbonyl (C=O) groups excluding carboxylic acids is 1. The molecule has 0 radical (unpaired) electrons. The lowest BCUT2D eigenvalue weighted by Gasteiger charge is -2.24. The van der Waals surface area contributed by atoms with Crippen molar-refractivity contribution in [3.8, 4) is 0 Å². The molecule has 1 fully saturated rings. The van der Waals surface area contributed by atoms with Gasteiger partial charge in [-0.3, -0.25) is 9.69 Å². The van der Waals surface area contributed by atoms with Crippen molar-refractivity contribution < 1.29 is 9.53 Å². The van der Waals surface area contributed by atoms with Crippen LogP contribution in [-0.4, -0.2) is 50.2 Å². The third kappa shape index (κ3) is 4.19. The molecule has 1 aliphatic rings. The zero-order valence-corrected chi connectivity index (χ0v) is 12.9. The van der Waals surface area contributed by atoms with Gasteiger partial charge in [-0.2, -0.15) is 0 Å². The van der Waals surface area contributed by atoms with Crippen LogP contribution in [0.5, 0.6) is 0 Å². The molecule has 0 saturated carbocycles.